The van der Waals surface area contributed by atoms with Gasteiger partial charge in [0.15, 0.2) is 13.2 Å². The van der Waals surface area contributed by atoms with E-state index >= 15 is 0 Å². The minimum absolute atomic E-state index is 0.184. The van der Waals surface area contributed by atoms with Gasteiger partial charge in [-0.25, -0.2) is 9.59 Å². The second kappa shape index (κ2) is 13.3. The SMILES string of the molecule is CC=CC(=O)OC(O)COc1ccc(C(C)(C)c2ccc(OCC(O)OC(=O)C=CC)cc2)cc1. The maximum absolute atomic E-state index is 11.3. The van der Waals surface area contributed by atoms with E-state index in [1.54, 1.807) is 38.1 Å². The monoisotopic (exact) mass is 484 g/mol. The molecule has 2 rings (SSSR count). The highest BCUT2D eigenvalue weighted by atomic mass is 16.7. The fraction of sp³-hybridized carbons (Fsp3) is 0.333. The molecule has 188 valence electrons. The Morgan fingerprint density at radius 2 is 1.09 bits per heavy atom. The van der Waals surface area contributed by atoms with Gasteiger partial charge in [-0.1, -0.05) is 50.3 Å². The average Bonchev–Trinajstić information content (AvgIpc) is 2.82. The van der Waals surface area contributed by atoms with Gasteiger partial charge in [0, 0.05) is 17.6 Å². The van der Waals surface area contributed by atoms with Gasteiger partial charge in [-0.3, -0.25) is 0 Å². The van der Waals surface area contributed by atoms with E-state index in [2.05, 4.69) is 13.8 Å². The van der Waals surface area contributed by atoms with Gasteiger partial charge >= 0.3 is 11.9 Å². The van der Waals surface area contributed by atoms with Gasteiger partial charge in [-0.15, -0.1) is 0 Å². The molecule has 2 atom stereocenters. The zero-order valence-corrected chi connectivity index (χ0v) is 20.3. The highest BCUT2D eigenvalue weighted by Gasteiger charge is 2.23. The number of aliphatic hydroxyl groups excluding tert-OH is 2. The third-order valence-electron chi connectivity index (χ3n) is 5.05. The summed E-state index contributed by atoms with van der Waals surface area (Å²) in [7, 11) is 0. The molecule has 8 heteroatoms. The number of carbonyl (C=O) groups excluding carboxylic acids is 2. The van der Waals surface area contributed by atoms with E-state index in [4.69, 9.17) is 18.9 Å². The molecule has 2 N–H and O–H groups in total. The Kier molecular flexibility index (Phi) is 10.5. The van der Waals surface area contributed by atoms with Gasteiger partial charge in [-0.05, 0) is 49.2 Å². The molecule has 0 fully saturated rings. The summed E-state index contributed by atoms with van der Waals surface area (Å²) in [4.78, 5) is 22.7. The van der Waals surface area contributed by atoms with Crippen molar-refractivity contribution in [2.45, 2.75) is 45.7 Å². The molecule has 0 spiro atoms. The summed E-state index contributed by atoms with van der Waals surface area (Å²) in [6, 6.07) is 14.8. The molecule has 0 saturated carbocycles. The number of esters is 2. The van der Waals surface area contributed by atoms with Gasteiger partial charge in [0.1, 0.15) is 11.5 Å². The van der Waals surface area contributed by atoms with Crippen LogP contribution in [0.5, 0.6) is 11.5 Å². The van der Waals surface area contributed by atoms with Crippen LogP contribution >= 0.6 is 0 Å². The van der Waals surface area contributed by atoms with E-state index < -0.39 is 24.5 Å². The first-order valence-electron chi connectivity index (χ1n) is 11.1. The van der Waals surface area contributed by atoms with Crippen LogP contribution in [-0.4, -0.2) is 47.9 Å². The highest BCUT2D eigenvalue weighted by Crippen LogP contribution is 2.33. The van der Waals surface area contributed by atoms with Crippen LogP contribution in [0, 0.1) is 0 Å². The van der Waals surface area contributed by atoms with Crippen molar-refractivity contribution in [3.63, 3.8) is 0 Å². The fourth-order valence-electron chi connectivity index (χ4n) is 3.12. The van der Waals surface area contributed by atoms with Gasteiger partial charge in [0.25, 0.3) is 0 Å². The number of hydrogen-bond acceptors (Lipinski definition) is 8. The van der Waals surface area contributed by atoms with E-state index in [1.807, 2.05) is 24.3 Å². The van der Waals surface area contributed by atoms with Crippen LogP contribution in [0.1, 0.15) is 38.8 Å². The summed E-state index contributed by atoms with van der Waals surface area (Å²) in [5.74, 6) is -0.214. The van der Waals surface area contributed by atoms with E-state index in [0.717, 1.165) is 11.1 Å². The molecule has 0 aliphatic carbocycles. The summed E-state index contributed by atoms with van der Waals surface area (Å²) in [6.45, 7) is 7.14. The third kappa shape index (κ3) is 8.92. The average molecular weight is 485 g/mol. The van der Waals surface area contributed by atoms with Crippen molar-refractivity contribution < 1.29 is 38.7 Å². The summed E-state index contributed by atoms with van der Waals surface area (Å²) in [6.07, 6.45) is 2.74. The normalized spacial score (nSPS) is 13.4. The molecule has 2 aromatic rings. The molecular weight excluding hydrogens is 452 g/mol. The smallest absolute Gasteiger partial charge is 0.332 e. The molecule has 0 aliphatic heterocycles. The topological polar surface area (TPSA) is 112 Å². The summed E-state index contributed by atoms with van der Waals surface area (Å²) < 4.78 is 20.5. The molecule has 0 heterocycles. The highest BCUT2D eigenvalue weighted by molar-refractivity contribution is 5.82. The van der Waals surface area contributed by atoms with Crippen LogP contribution in [0.2, 0.25) is 0 Å². The maximum atomic E-state index is 11.3. The van der Waals surface area contributed by atoms with Crippen LogP contribution < -0.4 is 9.47 Å². The lowest BCUT2D eigenvalue weighted by molar-refractivity contribution is -0.167. The lowest BCUT2D eigenvalue weighted by Crippen LogP contribution is -2.24. The van der Waals surface area contributed by atoms with Crippen LogP contribution in [0.4, 0.5) is 0 Å². The Labute approximate surface area is 205 Å². The van der Waals surface area contributed by atoms with E-state index in [0.29, 0.717) is 11.5 Å². The van der Waals surface area contributed by atoms with Crippen LogP contribution in [0.15, 0.2) is 72.8 Å². The second-order valence-corrected chi connectivity index (χ2v) is 8.08. The minimum Gasteiger partial charge on any atom is -0.487 e. The van der Waals surface area contributed by atoms with Crippen molar-refractivity contribution in [3.8, 4) is 11.5 Å². The van der Waals surface area contributed by atoms with E-state index in [9.17, 15) is 19.8 Å². The zero-order valence-electron chi connectivity index (χ0n) is 20.3. The number of allylic oxidation sites excluding steroid dienone is 2. The first-order valence-corrected chi connectivity index (χ1v) is 11.1. The molecule has 2 aromatic carbocycles. The summed E-state index contributed by atoms with van der Waals surface area (Å²) in [5.41, 5.74) is 1.73. The first-order chi connectivity index (χ1) is 16.6. The third-order valence-corrected chi connectivity index (χ3v) is 5.05. The Morgan fingerprint density at radius 1 is 0.743 bits per heavy atom. The van der Waals surface area contributed by atoms with Gasteiger partial charge in [-0.2, -0.15) is 0 Å². The van der Waals surface area contributed by atoms with E-state index in [-0.39, 0.29) is 18.6 Å². The Bertz CT molecular complexity index is 925. The number of aliphatic hydroxyl groups is 2. The van der Waals surface area contributed by atoms with Crippen LogP contribution in [0.25, 0.3) is 0 Å². The fourth-order valence-corrected chi connectivity index (χ4v) is 3.12. The first kappa shape index (κ1) is 27.6. The lowest BCUT2D eigenvalue weighted by Gasteiger charge is -2.26. The largest absolute Gasteiger partial charge is 0.487 e. The molecule has 0 amide bonds. The number of ether oxygens (including phenoxy) is 4. The molecule has 8 nitrogen and oxygen atoms in total. The molecule has 0 radical (unpaired) electrons. The predicted molar refractivity (Wildman–Crippen MR) is 130 cm³/mol. The van der Waals surface area contributed by atoms with Crippen LogP contribution in [-0.2, 0) is 24.5 Å². The molecule has 0 aliphatic rings. The van der Waals surface area contributed by atoms with Crippen molar-refractivity contribution in [1.82, 2.24) is 0 Å². The molecule has 0 saturated heterocycles. The van der Waals surface area contributed by atoms with Gasteiger partial charge < -0.3 is 29.2 Å². The van der Waals surface area contributed by atoms with Crippen molar-refractivity contribution >= 4 is 11.9 Å². The summed E-state index contributed by atoms with van der Waals surface area (Å²) in [5, 5.41) is 19.5. The number of carbonyl (C=O) groups is 2. The number of rotatable bonds is 12. The van der Waals surface area contributed by atoms with Crippen molar-refractivity contribution in [2.24, 2.45) is 0 Å². The molecule has 2 unspecified atom stereocenters. The quantitative estimate of drug-likeness (QED) is 0.267. The zero-order chi connectivity index (χ0) is 25.8. The van der Waals surface area contributed by atoms with Crippen molar-refractivity contribution in [3.05, 3.63) is 84.0 Å². The number of benzene rings is 2. The molecular formula is C27H32O8. The van der Waals surface area contributed by atoms with Crippen LogP contribution in [0.3, 0.4) is 0 Å². The van der Waals surface area contributed by atoms with Crippen molar-refractivity contribution in [2.75, 3.05) is 13.2 Å². The molecule has 0 aromatic heterocycles. The predicted octanol–water partition coefficient (Wildman–Crippen LogP) is 3.65. The van der Waals surface area contributed by atoms with Gasteiger partial charge in [0.05, 0.1) is 0 Å². The summed E-state index contributed by atoms with van der Waals surface area (Å²) >= 11 is 0. The van der Waals surface area contributed by atoms with Gasteiger partial charge in [0.2, 0.25) is 12.6 Å². The Balaban J connectivity index is 1.93. The maximum Gasteiger partial charge on any atom is 0.332 e. The molecule has 35 heavy (non-hydrogen) atoms. The number of hydrogen-bond donors (Lipinski definition) is 2. The second-order valence-electron chi connectivity index (χ2n) is 8.08. The lowest BCUT2D eigenvalue weighted by atomic mass is 9.78. The standard InChI is InChI=1S/C27H32O8/c1-5-7-23(28)34-25(30)17-32-21-13-9-19(10-14-21)27(3,4)20-11-15-22(16-12-20)33-18-26(31)35-24(29)8-6-2/h5-16,25-26,30-31H,17-18H2,1-4H3. The Morgan fingerprint density at radius 3 is 1.40 bits per heavy atom. The Hall–Kier alpha value is -3.62. The molecule has 0 bridgehead atoms. The van der Waals surface area contributed by atoms with Crippen molar-refractivity contribution in [1.29, 1.82) is 0 Å². The van der Waals surface area contributed by atoms with E-state index in [1.165, 1.54) is 24.3 Å². The minimum atomic E-state index is -1.36.